The molecule has 2 rings (SSSR count). The standard InChI is InChI=1S/C7H7ClN2/c8-6-2-4-10-7-5(6)1-3-9-7/h1-5,7,9H. The molecule has 0 spiro atoms. The van der Waals surface area contributed by atoms with Crippen molar-refractivity contribution in [3.63, 3.8) is 0 Å². The number of nitrogens with one attached hydrogen (secondary N) is 1. The summed E-state index contributed by atoms with van der Waals surface area (Å²) in [5.41, 5.74) is 0. The molecule has 1 N–H and O–H groups in total. The van der Waals surface area contributed by atoms with Crippen LogP contribution in [0.4, 0.5) is 0 Å². The van der Waals surface area contributed by atoms with Gasteiger partial charge in [0, 0.05) is 11.2 Å². The van der Waals surface area contributed by atoms with E-state index in [4.69, 9.17) is 11.6 Å². The van der Waals surface area contributed by atoms with Crippen LogP contribution in [0.2, 0.25) is 0 Å². The van der Waals surface area contributed by atoms with Gasteiger partial charge in [0.15, 0.2) is 0 Å². The quantitative estimate of drug-likeness (QED) is 0.558. The van der Waals surface area contributed by atoms with E-state index in [1.54, 1.807) is 6.21 Å². The van der Waals surface area contributed by atoms with Crippen molar-refractivity contribution in [3.05, 3.63) is 23.4 Å². The van der Waals surface area contributed by atoms with Crippen LogP contribution in [-0.2, 0) is 0 Å². The Hall–Kier alpha value is -0.760. The molecule has 0 saturated heterocycles. The molecule has 2 aliphatic heterocycles. The zero-order valence-electron chi connectivity index (χ0n) is 5.29. The number of allylic oxidation sites excluding steroid dienone is 1. The third kappa shape index (κ3) is 0.762. The van der Waals surface area contributed by atoms with Crippen LogP contribution in [0.5, 0.6) is 0 Å². The Morgan fingerprint density at radius 3 is 3.30 bits per heavy atom. The number of fused-ring (bicyclic) bond motifs is 1. The summed E-state index contributed by atoms with van der Waals surface area (Å²) >= 11 is 5.90. The molecule has 0 aromatic heterocycles. The van der Waals surface area contributed by atoms with Crippen molar-refractivity contribution in [2.24, 2.45) is 10.9 Å². The van der Waals surface area contributed by atoms with E-state index in [0.717, 1.165) is 5.03 Å². The number of hydrogen-bond acceptors (Lipinski definition) is 2. The molecule has 0 aromatic carbocycles. The molecule has 2 heterocycles. The lowest BCUT2D eigenvalue weighted by Gasteiger charge is -2.17. The summed E-state index contributed by atoms with van der Waals surface area (Å²) in [6.07, 6.45) is 7.65. The van der Waals surface area contributed by atoms with E-state index < -0.39 is 0 Å². The topological polar surface area (TPSA) is 24.4 Å². The highest BCUT2D eigenvalue weighted by molar-refractivity contribution is 6.31. The van der Waals surface area contributed by atoms with E-state index in [1.807, 2.05) is 18.4 Å². The molecule has 2 aliphatic rings. The molecule has 0 bridgehead atoms. The summed E-state index contributed by atoms with van der Waals surface area (Å²) in [5.74, 6) is 0.270. The summed E-state index contributed by atoms with van der Waals surface area (Å²) < 4.78 is 0. The van der Waals surface area contributed by atoms with E-state index in [0.29, 0.717) is 0 Å². The van der Waals surface area contributed by atoms with Crippen LogP contribution in [0.3, 0.4) is 0 Å². The maximum Gasteiger partial charge on any atom is 0.129 e. The zero-order valence-corrected chi connectivity index (χ0v) is 6.05. The fourth-order valence-electron chi connectivity index (χ4n) is 1.16. The molecule has 0 aliphatic carbocycles. The second-order valence-corrected chi connectivity index (χ2v) is 2.78. The van der Waals surface area contributed by atoms with E-state index in [2.05, 4.69) is 10.3 Å². The van der Waals surface area contributed by atoms with Gasteiger partial charge >= 0.3 is 0 Å². The Labute approximate surface area is 64.3 Å². The summed E-state index contributed by atoms with van der Waals surface area (Å²) in [6.45, 7) is 0. The number of aliphatic imine (C=N–C) groups is 1. The minimum Gasteiger partial charge on any atom is -0.369 e. The van der Waals surface area contributed by atoms with Gasteiger partial charge in [0.25, 0.3) is 0 Å². The fourth-order valence-corrected chi connectivity index (χ4v) is 1.41. The van der Waals surface area contributed by atoms with Gasteiger partial charge in [-0.15, -0.1) is 0 Å². The van der Waals surface area contributed by atoms with Gasteiger partial charge in [-0.2, -0.15) is 0 Å². The molecule has 0 aromatic rings. The highest BCUT2D eigenvalue weighted by Crippen LogP contribution is 2.26. The SMILES string of the molecule is ClC1=CC=NC2NC=CC12. The van der Waals surface area contributed by atoms with Gasteiger partial charge in [-0.25, -0.2) is 0 Å². The van der Waals surface area contributed by atoms with Crippen LogP contribution in [0.1, 0.15) is 0 Å². The highest BCUT2D eigenvalue weighted by atomic mass is 35.5. The first-order valence-corrected chi connectivity index (χ1v) is 3.57. The summed E-state index contributed by atoms with van der Waals surface area (Å²) in [7, 11) is 0. The van der Waals surface area contributed by atoms with Crippen LogP contribution in [0, 0.1) is 5.92 Å². The maximum atomic E-state index is 5.90. The maximum absolute atomic E-state index is 5.90. The second-order valence-electron chi connectivity index (χ2n) is 2.35. The van der Waals surface area contributed by atoms with Crippen molar-refractivity contribution in [1.82, 2.24) is 5.32 Å². The van der Waals surface area contributed by atoms with Gasteiger partial charge in [-0.3, -0.25) is 4.99 Å². The van der Waals surface area contributed by atoms with Gasteiger partial charge in [0.05, 0.1) is 5.92 Å². The predicted octanol–water partition coefficient (Wildman–Crippen LogP) is 1.25. The van der Waals surface area contributed by atoms with Crippen LogP contribution in [0.15, 0.2) is 28.4 Å². The largest absolute Gasteiger partial charge is 0.369 e. The van der Waals surface area contributed by atoms with Crippen LogP contribution in [0.25, 0.3) is 0 Å². The Kier molecular flexibility index (Phi) is 1.27. The third-order valence-electron chi connectivity index (χ3n) is 1.71. The third-order valence-corrected chi connectivity index (χ3v) is 2.09. The van der Waals surface area contributed by atoms with Gasteiger partial charge in [-0.1, -0.05) is 17.7 Å². The van der Waals surface area contributed by atoms with E-state index >= 15 is 0 Å². The first-order valence-electron chi connectivity index (χ1n) is 3.19. The van der Waals surface area contributed by atoms with E-state index in [9.17, 15) is 0 Å². The average molecular weight is 155 g/mol. The van der Waals surface area contributed by atoms with Crippen molar-refractivity contribution in [2.45, 2.75) is 6.17 Å². The lowest BCUT2D eigenvalue weighted by atomic mass is 10.1. The monoisotopic (exact) mass is 154 g/mol. The Morgan fingerprint density at radius 2 is 2.50 bits per heavy atom. The van der Waals surface area contributed by atoms with Crippen molar-refractivity contribution in [2.75, 3.05) is 0 Å². The molecule has 10 heavy (non-hydrogen) atoms. The molecule has 2 atom stereocenters. The molecular formula is C7H7ClN2. The van der Waals surface area contributed by atoms with Crippen molar-refractivity contribution >= 4 is 17.8 Å². The normalized spacial score (nSPS) is 35.1. The average Bonchev–Trinajstić information content (AvgIpc) is 2.36. The molecule has 0 fully saturated rings. The van der Waals surface area contributed by atoms with E-state index in [1.165, 1.54) is 0 Å². The lowest BCUT2D eigenvalue weighted by molar-refractivity contribution is 0.565. The number of dihydropyridines is 1. The van der Waals surface area contributed by atoms with Crippen molar-refractivity contribution in [1.29, 1.82) is 0 Å². The minimum absolute atomic E-state index is 0.150. The van der Waals surface area contributed by atoms with Gasteiger partial charge < -0.3 is 5.32 Å². The Balaban J connectivity index is 2.30. The van der Waals surface area contributed by atoms with Crippen molar-refractivity contribution in [3.8, 4) is 0 Å². The zero-order chi connectivity index (χ0) is 6.97. The molecule has 0 saturated carbocycles. The number of nitrogens with zero attached hydrogens (tertiary/aromatic N) is 1. The first-order chi connectivity index (χ1) is 4.88. The van der Waals surface area contributed by atoms with E-state index in [-0.39, 0.29) is 12.1 Å². The Morgan fingerprint density at radius 1 is 1.60 bits per heavy atom. The molecule has 2 unspecified atom stereocenters. The van der Waals surface area contributed by atoms with Crippen LogP contribution >= 0.6 is 11.6 Å². The van der Waals surface area contributed by atoms with Gasteiger partial charge in [0.2, 0.25) is 0 Å². The fraction of sp³-hybridized carbons (Fsp3) is 0.286. The molecule has 2 nitrogen and oxygen atoms in total. The second kappa shape index (κ2) is 2.13. The number of rotatable bonds is 0. The summed E-state index contributed by atoms with van der Waals surface area (Å²) in [6, 6.07) is 0. The van der Waals surface area contributed by atoms with Crippen LogP contribution in [-0.4, -0.2) is 12.4 Å². The predicted molar refractivity (Wildman–Crippen MR) is 42.0 cm³/mol. The molecule has 3 heteroatoms. The lowest BCUT2D eigenvalue weighted by Crippen LogP contribution is -2.26. The smallest absolute Gasteiger partial charge is 0.129 e. The minimum atomic E-state index is 0.150. The molecule has 52 valence electrons. The van der Waals surface area contributed by atoms with Crippen molar-refractivity contribution < 1.29 is 0 Å². The molecular weight excluding hydrogens is 148 g/mol. The Bertz CT molecular complexity index is 230. The molecule has 0 radical (unpaired) electrons. The number of halogens is 1. The molecule has 0 amide bonds. The highest BCUT2D eigenvalue weighted by Gasteiger charge is 2.25. The summed E-state index contributed by atoms with van der Waals surface area (Å²) in [4.78, 5) is 4.18. The number of hydrogen-bond donors (Lipinski definition) is 1. The van der Waals surface area contributed by atoms with Gasteiger partial charge in [-0.05, 0) is 12.3 Å². The van der Waals surface area contributed by atoms with Crippen LogP contribution < -0.4 is 5.32 Å². The van der Waals surface area contributed by atoms with Gasteiger partial charge in [0.1, 0.15) is 6.17 Å². The first kappa shape index (κ1) is 5.98. The summed E-state index contributed by atoms with van der Waals surface area (Å²) in [5, 5.41) is 3.95.